The summed E-state index contributed by atoms with van der Waals surface area (Å²) < 4.78 is 64.4. The molecule has 0 aromatic heterocycles. The number of benzene rings is 5. The Labute approximate surface area is 374 Å². The molecule has 2 aliphatic heterocycles. The van der Waals surface area contributed by atoms with Gasteiger partial charge < -0.3 is 52.5 Å². The van der Waals surface area contributed by atoms with Gasteiger partial charge in [-0.15, -0.1) is 0 Å². The number of hydrogen-bond acceptors (Lipinski definition) is 13. The van der Waals surface area contributed by atoms with E-state index in [1.807, 2.05) is 152 Å². The first-order chi connectivity index (χ1) is 31.3. The topological polar surface area (TPSA) is 147 Å². The van der Waals surface area contributed by atoms with Gasteiger partial charge in [-0.2, -0.15) is 0 Å². The van der Waals surface area contributed by atoms with Crippen LogP contribution in [0.3, 0.4) is 0 Å². The van der Waals surface area contributed by atoms with Crippen molar-refractivity contribution in [2.75, 3.05) is 13.2 Å². The lowest BCUT2D eigenvalue weighted by atomic mass is 9.96. The highest BCUT2D eigenvalue weighted by molar-refractivity contribution is 5.67. The Kier molecular flexibility index (Phi) is 17.6. The van der Waals surface area contributed by atoms with Crippen LogP contribution in [0.4, 0.5) is 0 Å². The van der Waals surface area contributed by atoms with Crippen molar-refractivity contribution < 1.29 is 62.1 Å². The molecule has 13 heteroatoms. The van der Waals surface area contributed by atoms with Crippen molar-refractivity contribution >= 4 is 11.9 Å². The number of aliphatic hydroxyl groups excluding tert-OH is 1. The summed E-state index contributed by atoms with van der Waals surface area (Å²) in [7, 11) is 0. The molecule has 338 valence electrons. The maximum Gasteiger partial charge on any atom is 0.303 e. The van der Waals surface area contributed by atoms with E-state index in [0.29, 0.717) is 0 Å². The number of aliphatic hydroxyl groups is 1. The SMILES string of the molecule is CC(=O)O[C@H]1[C@@H](OC(C)=O)[C@@H](COCc2ccccc2)O[C@H](O[C@H]2[C@H](OCc3ccccc3)[C@@H](OCc3ccccc3)[C@@H](O)O[C@@H]2COCc2ccccc2)[C@@H]1OCc1ccccc1. The first-order valence-electron chi connectivity index (χ1n) is 21.5. The fourth-order valence-corrected chi connectivity index (χ4v) is 7.71. The summed E-state index contributed by atoms with van der Waals surface area (Å²) in [5, 5.41) is 11.8. The van der Waals surface area contributed by atoms with Crippen molar-refractivity contribution in [2.24, 2.45) is 0 Å². The van der Waals surface area contributed by atoms with Crippen LogP contribution in [0.15, 0.2) is 152 Å². The quantitative estimate of drug-likeness (QED) is 0.0767. The zero-order chi connectivity index (χ0) is 44.5. The Morgan fingerprint density at radius 2 is 0.797 bits per heavy atom. The molecule has 10 atom stereocenters. The predicted octanol–water partition coefficient (Wildman–Crippen LogP) is 6.87. The molecule has 2 saturated heterocycles. The molecule has 5 aromatic rings. The third-order valence-electron chi connectivity index (χ3n) is 10.7. The van der Waals surface area contributed by atoms with Crippen LogP contribution in [0, 0.1) is 0 Å². The van der Waals surface area contributed by atoms with Gasteiger partial charge in [0, 0.05) is 13.8 Å². The van der Waals surface area contributed by atoms with E-state index in [2.05, 4.69) is 0 Å². The van der Waals surface area contributed by atoms with Crippen molar-refractivity contribution in [3.05, 3.63) is 179 Å². The van der Waals surface area contributed by atoms with Gasteiger partial charge in [-0.25, -0.2) is 0 Å². The van der Waals surface area contributed by atoms with Gasteiger partial charge in [0.25, 0.3) is 0 Å². The van der Waals surface area contributed by atoms with E-state index >= 15 is 0 Å². The van der Waals surface area contributed by atoms with E-state index < -0.39 is 73.4 Å². The van der Waals surface area contributed by atoms with Gasteiger partial charge >= 0.3 is 11.9 Å². The second kappa shape index (κ2) is 24.1. The molecule has 0 aliphatic carbocycles. The largest absolute Gasteiger partial charge is 0.456 e. The van der Waals surface area contributed by atoms with E-state index in [9.17, 15) is 14.7 Å². The minimum Gasteiger partial charge on any atom is -0.456 e. The van der Waals surface area contributed by atoms with Gasteiger partial charge in [0.15, 0.2) is 24.8 Å². The molecular formula is C51H56O13. The molecule has 0 amide bonds. The van der Waals surface area contributed by atoms with Crippen LogP contribution in [-0.2, 0) is 90.0 Å². The minimum atomic E-state index is -1.46. The van der Waals surface area contributed by atoms with Crippen LogP contribution in [0.1, 0.15) is 41.7 Å². The molecular weight excluding hydrogens is 821 g/mol. The van der Waals surface area contributed by atoms with E-state index in [-0.39, 0.29) is 46.2 Å². The van der Waals surface area contributed by atoms with Gasteiger partial charge in [0.1, 0.15) is 36.6 Å². The Bertz CT molecular complexity index is 2110. The molecule has 7 rings (SSSR count). The van der Waals surface area contributed by atoms with Crippen molar-refractivity contribution in [2.45, 2.75) is 108 Å². The van der Waals surface area contributed by atoms with E-state index in [0.717, 1.165) is 27.8 Å². The van der Waals surface area contributed by atoms with Crippen LogP contribution in [0.5, 0.6) is 0 Å². The Morgan fingerprint density at radius 1 is 0.438 bits per heavy atom. The third kappa shape index (κ3) is 13.6. The lowest BCUT2D eigenvalue weighted by Gasteiger charge is -2.49. The number of hydrogen-bond donors (Lipinski definition) is 1. The average molecular weight is 877 g/mol. The normalized spacial score (nSPS) is 25.6. The van der Waals surface area contributed by atoms with Gasteiger partial charge in [0.05, 0.1) is 46.2 Å². The minimum absolute atomic E-state index is 0.0391. The summed E-state index contributed by atoms with van der Waals surface area (Å²) in [6, 6.07) is 47.8. The summed E-state index contributed by atoms with van der Waals surface area (Å²) in [6.45, 7) is 3.18. The molecule has 0 unspecified atom stereocenters. The summed E-state index contributed by atoms with van der Waals surface area (Å²) in [6.07, 6.45) is -11.5. The maximum atomic E-state index is 13.0. The zero-order valence-electron chi connectivity index (χ0n) is 36.0. The van der Waals surface area contributed by atoms with Gasteiger partial charge in [-0.1, -0.05) is 152 Å². The van der Waals surface area contributed by atoms with Gasteiger partial charge in [0.2, 0.25) is 0 Å². The molecule has 2 heterocycles. The number of carbonyl (C=O) groups excluding carboxylic acids is 2. The Morgan fingerprint density at radius 3 is 1.22 bits per heavy atom. The van der Waals surface area contributed by atoms with Crippen molar-refractivity contribution in [3.8, 4) is 0 Å². The molecule has 0 radical (unpaired) electrons. The number of rotatable bonds is 21. The molecule has 13 nitrogen and oxygen atoms in total. The van der Waals surface area contributed by atoms with Gasteiger partial charge in [-0.05, 0) is 27.8 Å². The van der Waals surface area contributed by atoms with Crippen LogP contribution < -0.4 is 0 Å². The highest BCUT2D eigenvalue weighted by Crippen LogP contribution is 2.36. The average Bonchev–Trinajstić information content (AvgIpc) is 3.31. The van der Waals surface area contributed by atoms with E-state index in [1.165, 1.54) is 13.8 Å². The number of carbonyl (C=O) groups is 2. The Balaban J connectivity index is 1.26. The van der Waals surface area contributed by atoms with Crippen LogP contribution >= 0.6 is 0 Å². The standard InChI is InChI=1S/C51H56O13/c1-35(52)60-45-43(34-56-29-38-20-10-4-11-21-38)63-51(49(47(45)61-36(2)53)59-32-41-26-16-7-17-27-41)64-44-42(33-55-28-37-18-8-3-9-19-37)62-50(54)48(58-31-40-24-14-6-15-25-40)46(44)57-30-39-22-12-5-13-23-39/h3-27,42-51,54H,28-34H2,1-2H3/t42-,43-,44-,45+,46+,47+,48-,49-,50+,51-/m1/s1. The molecule has 0 bridgehead atoms. The lowest BCUT2D eigenvalue weighted by molar-refractivity contribution is -0.369. The third-order valence-corrected chi connectivity index (χ3v) is 10.7. The highest BCUT2D eigenvalue weighted by atomic mass is 16.8. The zero-order valence-corrected chi connectivity index (χ0v) is 36.0. The van der Waals surface area contributed by atoms with Crippen molar-refractivity contribution in [3.63, 3.8) is 0 Å². The first kappa shape index (κ1) is 46.7. The summed E-state index contributed by atoms with van der Waals surface area (Å²) in [5.74, 6) is -1.27. The molecule has 2 fully saturated rings. The molecule has 5 aromatic carbocycles. The van der Waals surface area contributed by atoms with Crippen molar-refractivity contribution in [1.29, 1.82) is 0 Å². The molecule has 64 heavy (non-hydrogen) atoms. The van der Waals surface area contributed by atoms with E-state index in [4.69, 9.17) is 47.4 Å². The molecule has 2 aliphatic rings. The molecule has 1 N–H and O–H groups in total. The second-order valence-electron chi connectivity index (χ2n) is 15.6. The van der Waals surface area contributed by atoms with Gasteiger partial charge in [-0.3, -0.25) is 9.59 Å². The first-order valence-corrected chi connectivity index (χ1v) is 21.5. The Hall–Kier alpha value is -5.32. The predicted molar refractivity (Wildman–Crippen MR) is 233 cm³/mol. The maximum absolute atomic E-state index is 13.0. The number of esters is 2. The fraction of sp³-hybridized carbons (Fsp3) is 0.373. The van der Waals surface area contributed by atoms with E-state index in [1.54, 1.807) is 0 Å². The molecule has 0 spiro atoms. The van der Waals surface area contributed by atoms with Crippen LogP contribution in [0.25, 0.3) is 0 Å². The summed E-state index contributed by atoms with van der Waals surface area (Å²) in [5.41, 5.74) is 4.39. The second-order valence-corrected chi connectivity index (χ2v) is 15.6. The van der Waals surface area contributed by atoms with Crippen LogP contribution in [0.2, 0.25) is 0 Å². The van der Waals surface area contributed by atoms with Crippen molar-refractivity contribution in [1.82, 2.24) is 0 Å². The fourth-order valence-electron chi connectivity index (χ4n) is 7.71. The smallest absolute Gasteiger partial charge is 0.303 e. The monoisotopic (exact) mass is 876 g/mol. The summed E-state index contributed by atoms with van der Waals surface area (Å²) in [4.78, 5) is 25.7. The lowest BCUT2D eigenvalue weighted by Crippen LogP contribution is -2.66. The molecule has 0 saturated carbocycles. The highest BCUT2D eigenvalue weighted by Gasteiger charge is 2.55. The number of ether oxygens (including phenoxy) is 10. The van der Waals surface area contributed by atoms with Crippen LogP contribution in [-0.4, -0.2) is 91.7 Å². The summed E-state index contributed by atoms with van der Waals surface area (Å²) >= 11 is 0.